The first-order chi connectivity index (χ1) is 12.2. The van der Waals surface area contributed by atoms with Gasteiger partial charge in [-0.25, -0.2) is 14.8 Å². The van der Waals surface area contributed by atoms with Crippen LogP contribution in [0.4, 0.5) is 16.4 Å². The van der Waals surface area contributed by atoms with Crippen molar-refractivity contribution in [1.29, 1.82) is 0 Å². The van der Waals surface area contributed by atoms with Crippen LogP contribution >= 0.6 is 0 Å². The van der Waals surface area contributed by atoms with Gasteiger partial charge in [0.25, 0.3) is 0 Å². The average Bonchev–Trinajstić information content (AvgIpc) is 2.62. The molecule has 3 N–H and O–H groups in total. The Kier molecular flexibility index (Phi) is 4.83. The number of aromatic nitrogens is 3. The zero-order valence-corrected chi connectivity index (χ0v) is 13.0. The molecule has 0 fully saturated rings. The van der Waals surface area contributed by atoms with Crippen molar-refractivity contribution in [1.82, 2.24) is 15.0 Å². The first-order valence-corrected chi connectivity index (χ1v) is 7.27. The Bertz CT molecular complexity index is 931. The number of carbonyl (C=O) groups excluding carboxylic acids is 1. The number of carbonyl (C=O) groups is 1. The minimum absolute atomic E-state index is 0.190. The number of nitrogens with two attached hydrogens (primary N) is 1. The molecule has 1 amide bonds. The zero-order chi connectivity index (χ0) is 17.5. The van der Waals surface area contributed by atoms with Gasteiger partial charge in [0, 0.05) is 24.2 Å². The van der Waals surface area contributed by atoms with Crippen molar-refractivity contribution in [2.75, 3.05) is 11.1 Å². The maximum absolute atomic E-state index is 11.9. The number of hydrogen-bond donors (Lipinski definition) is 2. The fraction of sp³-hybridized carbons (Fsp3) is 0. The number of pyridine rings is 1. The fourth-order valence-corrected chi connectivity index (χ4v) is 1.86. The Balaban J connectivity index is 1.67. The summed E-state index contributed by atoms with van der Waals surface area (Å²) in [4.78, 5) is 23.7. The van der Waals surface area contributed by atoms with Gasteiger partial charge in [-0.2, -0.15) is 0 Å². The molecule has 0 spiro atoms. The summed E-state index contributed by atoms with van der Waals surface area (Å²) in [6, 6.07) is 10.5. The highest BCUT2D eigenvalue weighted by atomic mass is 16.6. The Labute approximate surface area is 143 Å². The smallest absolute Gasteiger partial charge is 0.410 e. The minimum atomic E-state index is -0.606. The number of benzene rings is 1. The molecule has 7 heteroatoms. The quantitative estimate of drug-likeness (QED) is 0.699. The molecule has 2 heterocycles. The summed E-state index contributed by atoms with van der Waals surface area (Å²) in [5.74, 6) is 6.45. The summed E-state index contributed by atoms with van der Waals surface area (Å²) >= 11 is 0. The summed E-state index contributed by atoms with van der Waals surface area (Å²) in [6.45, 7) is 0. The van der Waals surface area contributed by atoms with E-state index >= 15 is 0 Å². The molecule has 0 radical (unpaired) electrons. The Hall–Kier alpha value is -3.92. The van der Waals surface area contributed by atoms with E-state index < -0.39 is 6.09 Å². The van der Waals surface area contributed by atoms with E-state index in [9.17, 15) is 4.79 Å². The molecule has 3 aromatic rings. The van der Waals surface area contributed by atoms with Crippen LogP contribution in [0.5, 0.6) is 5.75 Å². The third-order valence-corrected chi connectivity index (χ3v) is 2.96. The predicted molar refractivity (Wildman–Crippen MR) is 92.8 cm³/mol. The number of anilines is 2. The van der Waals surface area contributed by atoms with E-state index in [4.69, 9.17) is 10.5 Å². The van der Waals surface area contributed by atoms with E-state index in [1.807, 2.05) is 6.07 Å². The van der Waals surface area contributed by atoms with Gasteiger partial charge in [-0.1, -0.05) is 30.0 Å². The van der Waals surface area contributed by atoms with Crippen LogP contribution in [0.2, 0.25) is 0 Å². The molecule has 1 aromatic carbocycles. The Morgan fingerprint density at radius 1 is 1.00 bits per heavy atom. The number of rotatable bonds is 2. The highest BCUT2D eigenvalue weighted by molar-refractivity contribution is 5.86. The maximum Gasteiger partial charge on any atom is 0.417 e. The number of ether oxygens (including phenoxy) is 1. The summed E-state index contributed by atoms with van der Waals surface area (Å²) in [6.07, 6.45) is 5.54. The van der Waals surface area contributed by atoms with Gasteiger partial charge in [-0.15, -0.1) is 0 Å². The highest BCUT2D eigenvalue weighted by Gasteiger charge is 2.05. The van der Waals surface area contributed by atoms with Crippen LogP contribution in [0.3, 0.4) is 0 Å². The van der Waals surface area contributed by atoms with Crippen LogP contribution in [0.15, 0.2) is 61.2 Å². The lowest BCUT2D eigenvalue weighted by Crippen LogP contribution is -2.16. The van der Waals surface area contributed by atoms with E-state index in [0.717, 1.165) is 0 Å². The Morgan fingerprint density at radius 3 is 2.48 bits per heavy atom. The van der Waals surface area contributed by atoms with E-state index in [1.165, 1.54) is 18.6 Å². The van der Waals surface area contributed by atoms with E-state index in [0.29, 0.717) is 22.6 Å². The van der Waals surface area contributed by atoms with Gasteiger partial charge in [0.05, 0.1) is 17.4 Å². The molecule has 0 aliphatic carbocycles. The molecule has 3 rings (SSSR count). The van der Waals surface area contributed by atoms with Crippen LogP contribution in [0.25, 0.3) is 0 Å². The second-order valence-electron chi connectivity index (χ2n) is 4.87. The van der Waals surface area contributed by atoms with Crippen LogP contribution in [0.1, 0.15) is 11.1 Å². The standard InChI is InChI=1S/C18H13N5O2/c19-17-21-10-14(11-22-17)7-6-13-8-15(12-20-9-13)23-18(24)25-16-4-2-1-3-5-16/h1-5,8-12H,(H,23,24)(H2,19,21,22). The molecule has 0 saturated carbocycles. The molecule has 0 bridgehead atoms. The van der Waals surface area contributed by atoms with Gasteiger partial charge in [-0.3, -0.25) is 10.3 Å². The van der Waals surface area contributed by atoms with Crippen molar-refractivity contribution in [3.8, 4) is 17.6 Å². The van der Waals surface area contributed by atoms with Gasteiger partial charge in [0.1, 0.15) is 5.75 Å². The molecule has 0 aliphatic rings. The molecule has 0 aliphatic heterocycles. The topological polar surface area (TPSA) is 103 Å². The second-order valence-corrected chi connectivity index (χ2v) is 4.87. The molecule has 0 saturated heterocycles. The molecular formula is C18H13N5O2. The van der Waals surface area contributed by atoms with Gasteiger partial charge in [0.15, 0.2) is 0 Å². The summed E-state index contributed by atoms with van der Waals surface area (Å²) in [5, 5.41) is 2.60. The highest BCUT2D eigenvalue weighted by Crippen LogP contribution is 2.12. The molecule has 25 heavy (non-hydrogen) atoms. The molecule has 122 valence electrons. The molecule has 0 atom stereocenters. The van der Waals surface area contributed by atoms with Crippen LogP contribution < -0.4 is 15.8 Å². The van der Waals surface area contributed by atoms with Crippen molar-refractivity contribution >= 4 is 17.7 Å². The molecule has 0 unspecified atom stereocenters. The third-order valence-electron chi connectivity index (χ3n) is 2.96. The Morgan fingerprint density at radius 2 is 1.72 bits per heavy atom. The minimum Gasteiger partial charge on any atom is -0.410 e. The predicted octanol–water partition coefficient (Wildman–Crippen LogP) is 2.46. The number of nitrogen functional groups attached to an aromatic ring is 1. The second kappa shape index (κ2) is 7.57. The van der Waals surface area contributed by atoms with Gasteiger partial charge >= 0.3 is 6.09 Å². The number of nitrogens with one attached hydrogen (secondary N) is 1. The van der Waals surface area contributed by atoms with Gasteiger partial charge < -0.3 is 10.5 Å². The normalized spacial score (nSPS) is 9.60. The van der Waals surface area contributed by atoms with Crippen molar-refractivity contribution in [2.24, 2.45) is 0 Å². The number of para-hydroxylation sites is 1. The van der Waals surface area contributed by atoms with Crippen molar-refractivity contribution in [2.45, 2.75) is 0 Å². The monoisotopic (exact) mass is 331 g/mol. The summed E-state index contributed by atoms with van der Waals surface area (Å²) < 4.78 is 5.16. The largest absolute Gasteiger partial charge is 0.417 e. The van der Waals surface area contributed by atoms with Crippen LogP contribution in [0, 0.1) is 11.8 Å². The lowest BCUT2D eigenvalue weighted by Gasteiger charge is -2.06. The maximum atomic E-state index is 11.9. The van der Waals surface area contributed by atoms with Gasteiger partial charge in [0.2, 0.25) is 5.95 Å². The number of nitrogens with zero attached hydrogens (tertiary/aromatic N) is 3. The first-order valence-electron chi connectivity index (χ1n) is 7.27. The number of amides is 1. The van der Waals surface area contributed by atoms with Crippen LogP contribution in [-0.4, -0.2) is 21.0 Å². The van der Waals surface area contributed by atoms with E-state index in [2.05, 4.69) is 32.1 Å². The SMILES string of the molecule is Nc1ncc(C#Cc2cncc(NC(=O)Oc3ccccc3)c2)cn1. The molecule has 2 aromatic heterocycles. The lowest BCUT2D eigenvalue weighted by molar-refractivity contribution is 0.215. The summed E-state index contributed by atoms with van der Waals surface area (Å²) in [5.41, 5.74) is 7.14. The fourth-order valence-electron chi connectivity index (χ4n) is 1.86. The van der Waals surface area contributed by atoms with E-state index in [1.54, 1.807) is 36.5 Å². The third kappa shape index (κ3) is 4.77. The van der Waals surface area contributed by atoms with E-state index in [-0.39, 0.29) is 5.95 Å². The number of hydrogen-bond acceptors (Lipinski definition) is 6. The lowest BCUT2D eigenvalue weighted by atomic mass is 10.2. The van der Waals surface area contributed by atoms with Crippen molar-refractivity contribution < 1.29 is 9.53 Å². The zero-order valence-electron chi connectivity index (χ0n) is 13.0. The molecular weight excluding hydrogens is 318 g/mol. The van der Waals surface area contributed by atoms with Crippen molar-refractivity contribution in [3.05, 3.63) is 72.3 Å². The van der Waals surface area contributed by atoms with Crippen LogP contribution in [-0.2, 0) is 0 Å². The molecule has 7 nitrogen and oxygen atoms in total. The average molecular weight is 331 g/mol. The van der Waals surface area contributed by atoms with Gasteiger partial charge in [-0.05, 0) is 18.2 Å². The van der Waals surface area contributed by atoms with Crippen molar-refractivity contribution in [3.63, 3.8) is 0 Å². The summed E-state index contributed by atoms with van der Waals surface area (Å²) in [7, 11) is 0. The first kappa shape index (κ1) is 16.0.